The van der Waals surface area contributed by atoms with E-state index in [1.54, 1.807) is 0 Å². The zero-order valence-electron chi connectivity index (χ0n) is 7.67. The van der Waals surface area contributed by atoms with Crippen molar-refractivity contribution < 1.29 is 14.6 Å². The summed E-state index contributed by atoms with van der Waals surface area (Å²) in [7, 11) is 1.39. The molecule has 0 aliphatic heterocycles. The van der Waals surface area contributed by atoms with E-state index in [0.717, 1.165) is 0 Å². The van der Waals surface area contributed by atoms with Crippen molar-refractivity contribution in [3.05, 3.63) is 24.3 Å². The molecule has 0 aliphatic carbocycles. The van der Waals surface area contributed by atoms with E-state index in [2.05, 4.69) is 15.3 Å². The van der Waals surface area contributed by atoms with Crippen molar-refractivity contribution in [3.63, 3.8) is 0 Å². The zero-order chi connectivity index (χ0) is 10.4. The molecule has 6 nitrogen and oxygen atoms in total. The molecule has 76 valence electrons. The van der Waals surface area contributed by atoms with E-state index >= 15 is 0 Å². The van der Waals surface area contributed by atoms with Gasteiger partial charge in [-0.05, 0) is 6.07 Å². The molecule has 1 atom stereocenters. The van der Waals surface area contributed by atoms with E-state index < -0.39 is 12.1 Å². The largest absolute Gasteiger partial charge is 0.392 e. The molecule has 1 unspecified atom stereocenters. The van der Waals surface area contributed by atoms with Gasteiger partial charge in [-0.3, -0.25) is 4.79 Å². The fourth-order valence-electron chi connectivity index (χ4n) is 0.824. The van der Waals surface area contributed by atoms with Crippen molar-refractivity contribution in [1.82, 2.24) is 15.3 Å². The second-order valence-corrected chi connectivity index (χ2v) is 2.47. The van der Waals surface area contributed by atoms with Gasteiger partial charge in [0, 0.05) is 13.3 Å². The Labute approximate surface area is 80.9 Å². The number of ether oxygens (including phenoxy) is 1. The molecule has 1 amide bonds. The highest BCUT2D eigenvalue weighted by Gasteiger charge is 2.12. The van der Waals surface area contributed by atoms with Crippen LogP contribution < -0.4 is 5.32 Å². The number of carbonyl (C=O) groups is 1. The molecule has 0 aromatic carbocycles. The lowest BCUT2D eigenvalue weighted by Gasteiger charge is -2.13. The third-order valence-corrected chi connectivity index (χ3v) is 1.56. The number of amides is 1. The normalized spacial score (nSPS) is 12.1. The van der Waals surface area contributed by atoms with E-state index in [1.165, 1.54) is 25.7 Å². The second kappa shape index (κ2) is 5.25. The summed E-state index contributed by atoms with van der Waals surface area (Å²) >= 11 is 0. The van der Waals surface area contributed by atoms with Gasteiger partial charge in [-0.1, -0.05) is 0 Å². The minimum absolute atomic E-state index is 0.232. The summed E-state index contributed by atoms with van der Waals surface area (Å²) in [5.41, 5.74) is 0.232. The van der Waals surface area contributed by atoms with E-state index in [4.69, 9.17) is 9.84 Å². The molecule has 0 saturated heterocycles. The molecule has 1 heterocycles. The van der Waals surface area contributed by atoms with Gasteiger partial charge in [0.2, 0.25) is 0 Å². The first-order chi connectivity index (χ1) is 6.77. The number of hydrogen-bond donors (Lipinski definition) is 2. The van der Waals surface area contributed by atoms with Gasteiger partial charge in [0.25, 0.3) is 5.91 Å². The third-order valence-electron chi connectivity index (χ3n) is 1.56. The molecule has 0 aliphatic rings. The standard InChI is InChI=1S/C8H11N3O3/c1-14-7(4-12)11-8(13)6-2-3-9-5-10-6/h2-3,5,7,12H,4H2,1H3,(H,11,13). The molecule has 0 fully saturated rings. The summed E-state index contributed by atoms with van der Waals surface area (Å²) in [5.74, 6) is -0.409. The molecule has 0 spiro atoms. The van der Waals surface area contributed by atoms with Gasteiger partial charge in [0.05, 0.1) is 6.61 Å². The molecule has 0 saturated carbocycles. The van der Waals surface area contributed by atoms with Crippen molar-refractivity contribution in [3.8, 4) is 0 Å². The summed E-state index contributed by atoms with van der Waals surface area (Å²) in [4.78, 5) is 18.8. The number of aliphatic hydroxyl groups excluding tert-OH is 1. The summed E-state index contributed by atoms with van der Waals surface area (Å²) in [6, 6.07) is 1.47. The molecule has 1 rings (SSSR count). The Bertz CT molecular complexity index is 287. The number of nitrogens with one attached hydrogen (secondary N) is 1. The summed E-state index contributed by atoms with van der Waals surface area (Å²) in [6.45, 7) is -0.284. The highest BCUT2D eigenvalue weighted by atomic mass is 16.5. The Morgan fingerprint density at radius 2 is 2.57 bits per heavy atom. The monoisotopic (exact) mass is 197 g/mol. The van der Waals surface area contributed by atoms with Crippen molar-refractivity contribution in [2.45, 2.75) is 6.23 Å². The third kappa shape index (κ3) is 2.75. The fraction of sp³-hybridized carbons (Fsp3) is 0.375. The molecular formula is C8H11N3O3. The van der Waals surface area contributed by atoms with Gasteiger partial charge in [-0.25, -0.2) is 9.97 Å². The molecule has 2 N–H and O–H groups in total. The Balaban J connectivity index is 2.59. The maximum atomic E-state index is 11.4. The molecular weight excluding hydrogens is 186 g/mol. The zero-order valence-corrected chi connectivity index (χ0v) is 7.67. The minimum atomic E-state index is -0.711. The Hall–Kier alpha value is -1.53. The van der Waals surface area contributed by atoms with Crippen molar-refractivity contribution in [2.24, 2.45) is 0 Å². The smallest absolute Gasteiger partial charge is 0.272 e. The maximum Gasteiger partial charge on any atom is 0.272 e. The van der Waals surface area contributed by atoms with Gasteiger partial charge >= 0.3 is 0 Å². The van der Waals surface area contributed by atoms with Crippen LogP contribution in [0.25, 0.3) is 0 Å². The van der Waals surface area contributed by atoms with Crippen LogP contribution in [0.15, 0.2) is 18.6 Å². The summed E-state index contributed by atoms with van der Waals surface area (Å²) < 4.78 is 4.77. The van der Waals surface area contributed by atoms with Gasteiger partial charge in [0.1, 0.15) is 12.0 Å². The lowest BCUT2D eigenvalue weighted by Crippen LogP contribution is -2.39. The SMILES string of the molecule is COC(CO)NC(=O)c1ccncn1. The number of methoxy groups -OCH3 is 1. The van der Waals surface area contributed by atoms with Crippen molar-refractivity contribution >= 4 is 5.91 Å². The van der Waals surface area contributed by atoms with Crippen LogP contribution in [0, 0.1) is 0 Å². The minimum Gasteiger partial charge on any atom is -0.392 e. The maximum absolute atomic E-state index is 11.4. The molecule has 0 bridgehead atoms. The van der Waals surface area contributed by atoms with E-state index in [-0.39, 0.29) is 12.3 Å². The average Bonchev–Trinajstić information content (AvgIpc) is 2.26. The van der Waals surface area contributed by atoms with E-state index in [1.807, 2.05) is 0 Å². The van der Waals surface area contributed by atoms with Crippen LogP contribution in [0.3, 0.4) is 0 Å². The van der Waals surface area contributed by atoms with E-state index in [9.17, 15) is 4.79 Å². The Kier molecular flexibility index (Phi) is 3.96. The molecule has 1 aromatic rings. The van der Waals surface area contributed by atoms with Crippen LogP contribution in [0.1, 0.15) is 10.5 Å². The molecule has 6 heteroatoms. The van der Waals surface area contributed by atoms with Gasteiger partial charge in [0.15, 0.2) is 6.23 Å². The summed E-state index contributed by atoms with van der Waals surface area (Å²) in [5, 5.41) is 11.2. The van der Waals surface area contributed by atoms with Gasteiger partial charge < -0.3 is 15.2 Å². The molecule has 0 radical (unpaired) electrons. The number of rotatable bonds is 4. The lowest BCUT2D eigenvalue weighted by atomic mass is 10.4. The van der Waals surface area contributed by atoms with Crippen LogP contribution in [0.5, 0.6) is 0 Å². The van der Waals surface area contributed by atoms with Crippen LogP contribution >= 0.6 is 0 Å². The van der Waals surface area contributed by atoms with E-state index in [0.29, 0.717) is 0 Å². The molecule has 1 aromatic heterocycles. The van der Waals surface area contributed by atoms with Gasteiger partial charge in [-0.15, -0.1) is 0 Å². The first-order valence-corrected chi connectivity index (χ1v) is 3.98. The quantitative estimate of drug-likeness (QED) is 0.615. The fourth-order valence-corrected chi connectivity index (χ4v) is 0.824. The number of carbonyl (C=O) groups excluding carboxylic acids is 1. The predicted octanol–water partition coefficient (Wildman–Crippen LogP) is -0.829. The van der Waals surface area contributed by atoms with Gasteiger partial charge in [-0.2, -0.15) is 0 Å². The first-order valence-electron chi connectivity index (χ1n) is 3.98. The van der Waals surface area contributed by atoms with Crippen molar-refractivity contribution in [1.29, 1.82) is 0 Å². The number of aliphatic hydroxyl groups is 1. The predicted molar refractivity (Wildman–Crippen MR) is 47.4 cm³/mol. The summed E-state index contributed by atoms with van der Waals surface area (Å²) in [6.07, 6.45) is 2.02. The first kappa shape index (κ1) is 10.6. The van der Waals surface area contributed by atoms with Crippen LogP contribution in [-0.2, 0) is 4.74 Å². The van der Waals surface area contributed by atoms with Crippen molar-refractivity contribution in [2.75, 3.05) is 13.7 Å². The highest BCUT2D eigenvalue weighted by molar-refractivity contribution is 5.92. The van der Waals surface area contributed by atoms with Crippen LogP contribution in [0.2, 0.25) is 0 Å². The van der Waals surface area contributed by atoms with Crippen LogP contribution in [-0.4, -0.2) is 40.9 Å². The highest BCUT2D eigenvalue weighted by Crippen LogP contribution is 1.92. The van der Waals surface area contributed by atoms with Crippen LogP contribution in [0.4, 0.5) is 0 Å². The number of hydrogen-bond acceptors (Lipinski definition) is 5. The number of aromatic nitrogens is 2. The topological polar surface area (TPSA) is 84.3 Å². The second-order valence-electron chi connectivity index (χ2n) is 2.47. The Morgan fingerprint density at radius 1 is 1.79 bits per heavy atom. The lowest BCUT2D eigenvalue weighted by molar-refractivity contribution is 0.0237. The Morgan fingerprint density at radius 3 is 3.07 bits per heavy atom. The average molecular weight is 197 g/mol. The molecule has 14 heavy (non-hydrogen) atoms. The number of nitrogens with zero attached hydrogens (tertiary/aromatic N) is 2.